The van der Waals surface area contributed by atoms with Gasteiger partial charge in [0, 0.05) is 0 Å². The number of hydrogen-bond donors (Lipinski definition) is 0. The Morgan fingerprint density at radius 1 is 0.900 bits per heavy atom. The molecule has 0 spiro atoms. The molecule has 0 saturated heterocycles. The third-order valence-electron chi connectivity index (χ3n) is 4.41. The van der Waals surface area contributed by atoms with Crippen LogP contribution in [0.15, 0.2) is 6.20 Å². The van der Waals surface area contributed by atoms with Crippen LogP contribution in [0.2, 0.25) is 13.3 Å². The summed E-state index contributed by atoms with van der Waals surface area (Å²) >= 11 is -0.0698. The van der Waals surface area contributed by atoms with Crippen molar-refractivity contribution in [1.82, 2.24) is 4.98 Å². The van der Waals surface area contributed by atoms with Crippen molar-refractivity contribution >= 4 is 32.6 Å². The monoisotopic (exact) mass is 403 g/mol. The van der Waals surface area contributed by atoms with Crippen molar-refractivity contribution in [3.63, 3.8) is 0 Å². The van der Waals surface area contributed by atoms with E-state index in [1.165, 1.54) is 43.5 Å². The Morgan fingerprint density at radius 3 is 1.75 bits per heavy atom. The van der Waals surface area contributed by atoms with Gasteiger partial charge in [-0.1, -0.05) is 0 Å². The zero-order chi connectivity index (χ0) is 14.8. The molecular formula is C17H33NSSn. The van der Waals surface area contributed by atoms with E-state index in [1.54, 1.807) is 16.2 Å². The Bertz CT molecular complexity index is 340. The van der Waals surface area contributed by atoms with Crippen molar-refractivity contribution in [2.24, 2.45) is 0 Å². The molecular weight excluding hydrogens is 369 g/mol. The van der Waals surface area contributed by atoms with Gasteiger partial charge in [-0.25, -0.2) is 0 Å². The van der Waals surface area contributed by atoms with Gasteiger partial charge in [0.15, 0.2) is 0 Å². The summed E-state index contributed by atoms with van der Waals surface area (Å²) in [5, 5.41) is 1.37. The normalized spacial score (nSPS) is 12.0. The zero-order valence-corrected chi connectivity index (χ0v) is 17.7. The fourth-order valence-corrected chi connectivity index (χ4v) is 22.8. The number of nitrogens with zero attached hydrogens (tertiary/aromatic N) is 1. The summed E-state index contributed by atoms with van der Waals surface area (Å²) in [6.45, 7) is 9.28. The van der Waals surface area contributed by atoms with Crippen LogP contribution in [-0.2, 0) is 6.42 Å². The van der Waals surface area contributed by atoms with E-state index in [0.717, 1.165) is 6.42 Å². The minimum absolute atomic E-state index is 1.11. The molecule has 20 heavy (non-hydrogen) atoms. The molecule has 1 aromatic rings. The molecule has 1 nitrogen and oxygen atoms in total. The van der Waals surface area contributed by atoms with Crippen LogP contribution in [0.25, 0.3) is 0 Å². The molecule has 0 atom stereocenters. The summed E-state index contributed by atoms with van der Waals surface area (Å²) in [7, 11) is 0. The third-order valence-corrected chi connectivity index (χ3v) is 23.7. The SMILES string of the molecule is CCC[CH2][Sn]([CH2]CCC)([CH2]CCC)[c]1cnc(CC)s1. The first-order valence-electron chi connectivity index (χ1n) is 8.67. The van der Waals surface area contributed by atoms with Gasteiger partial charge < -0.3 is 0 Å². The van der Waals surface area contributed by atoms with Gasteiger partial charge in [0.05, 0.1) is 0 Å². The molecule has 0 saturated carbocycles. The fraction of sp³-hybridized carbons (Fsp3) is 0.824. The predicted molar refractivity (Wildman–Crippen MR) is 96.0 cm³/mol. The molecule has 1 heterocycles. The van der Waals surface area contributed by atoms with Gasteiger partial charge in [-0.05, 0) is 0 Å². The summed E-state index contributed by atoms with van der Waals surface area (Å²) in [6, 6.07) is 0. The molecule has 0 aliphatic carbocycles. The van der Waals surface area contributed by atoms with E-state index in [9.17, 15) is 0 Å². The van der Waals surface area contributed by atoms with Gasteiger partial charge in [0.2, 0.25) is 0 Å². The average Bonchev–Trinajstić information content (AvgIpc) is 2.96. The number of thiazole rings is 1. The van der Waals surface area contributed by atoms with Crippen molar-refractivity contribution in [1.29, 1.82) is 0 Å². The van der Waals surface area contributed by atoms with Crippen LogP contribution in [0, 0.1) is 0 Å². The number of aryl methyl sites for hydroxylation is 1. The zero-order valence-electron chi connectivity index (χ0n) is 14.0. The number of hydrogen-bond acceptors (Lipinski definition) is 2. The van der Waals surface area contributed by atoms with Crippen molar-refractivity contribution in [2.75, 3.05) is 0 Å². The Hall–Kier alpha value is 0.429. The molecule has 0 fully saturated rings. The second kappa shape index (κ2) is 10.2. The number of unbranched alkanes of at least 4 members (excludes halogenated alkanes) is 3. The van der Waals surface area contributed by atoms with Crippen LogP contribution in [0.4, 0.5) is 0 Å². The van der Waals surface area contributed by atoms with E-state index in [4.69, 9.17) is 4.98 Å². The topological polar surface area (TPSA) is 12.9 Å². The molecule has 0 aliphatic rings. The quantitative estimate of drug-likeness (QED) is 0.429. The molecule has 0 radical (unpaired) electrons. The maximum atomic E-state index is 4.70. The molecule has 1 rings (SSSR count). The van der Waals surface area contributed by atoms with Crippen LogP contribution < -0.4 is 2.89 Å². The molecule has 0 unspecified atom stereocenters. The van der Waals surface area contributed by atoms with E-state index < -0.39 is 18.4 Å². The summed E-state index contributed by atoms with van der Waals surface area (Å²) in [5.74, 6) is 0. The van der Waals surface area contributed by atoms with Crippen molar-refractivity contribution in [2.45, 2.75) is 86.0 Å². The third kappa shape index (κ3) is 5.32. The van der Waals surface area contributed by atoms with Gasteiger partial charge in [-0.2, -0.15) is 0 Å². The molecule has 0 bridgehead atoms. The Labute approximate surface area is 134 Å². The van der Waals surface area contributed by atoms with Crippen LogP contribution in [0.3, 0.4) is 0 Å². The first kappa shape index (κ1) is 18.5. The van der Waals surface area contributed by atoms with Gasteiger partial charge in [-0.15, -0.1) is 0 Å². The second-order valence-corrected chi connectivity index (χ2v) is 21.3. The molecule has 3 heteroatoms. The van der Waals surface area contributed by atoms with Crippen LogP contribution in [0.5, 0.6) is 0 Å². The standard InChI is InChI=1S/C5H6NS.3C4H9.Sn/c1-2-5-6-3-4-7-5;3*1-3-4-2;/h3H,2H2,1H3;3*1,3-4H2,2H3;. The van der Waals surface area contributed by atoms with Gasteiger partial charge in [-0.3, -0.25) is 0 Å². The molecule has 0 N–H and O–H groups in total. The number of aromatic nitrogens is 1. The van der Waals surface area contributed by atoms with E-state index >= 15 is 0 Å². The molecule has 1 aromatic heterocycles. The molecule has 0 aliphatic heterocycles. The maximum absolute atomic E-state index is 4.70. The fourth-order valence-electron chi connectivity index (χ4n) is 3.01. The van der Waals surface area contributed by atoms with E-state index in [-0.39, 0.29) is 0 Å². The Balaban J connectivity index is 2.97. The van der Waals surface area contributed by atoms with Crippen molar-refractivity contribution in [3.8, 4) is 0 Å². The van der Waals surface area contributed by atoms with Crippen molar-refractivity contribution < 1.29 is 0 Å². The van der Waals surface area contributed by atoms with E-state index in [0.29, 0.717) is 0 Å². The van der Waals surface area contributed by atoms with Crippen LogP contribution >= 0.6 is 11.3 Å². The van der Waals surface area contributed by atoms with Gasteiger partial charge in [0.1, 0.15) is 0 Å². The Morgan fingerprint density at radius 2 is 1.40 bits per heavy atom. The summed E-state index contributed by atoms with van der Waals surface area (Å²) in [6.07, 6.45) is 11.8. The summed E-state index contributed by atoms with van der Waals surface area (Å²) in [5.41, 5.74) is 0. The van der Waals surface area contributed by atoms with Gasteiger partial charge >= 0.3 is 135 Å². The molecule has 116 valence electrons. The summed E-state index contributed by atoms with van der Waals surface area (Å²) < 4.78 is 6.48. The Kier molecular flexibility index (Phi) is 9.43. The number of rotatable bonds is 11. The average molecular weight is 402 g/mol. The van der Waals surface area contributed by atoms with Crippen LogP contribution in [-0.4, -0.2) is 23.4 Å². The second-order valence-electron chi connectivity index (χ2n) is 6.06. The first-order valence-corrected chi connectivity index (χ1v) is 17.0. The molecule has 0 amide bonds. The first-order chi connectivity index (χ1) is 9.72. The van der Waals surface area contributed by atoms with E-state index in [1.807, 2.05) is 0 Å². The van der Waals surface area contributed by atoms with E-state index in [2.05, 4.69) is 45.2 Å². The van der Waals surface area contributed by atoms with Crippen LogP contribution in [0.1, 0.15) is 71.2 Å². The van der Waals surface area contributed by atoms with Gasteiger partial charge in [0.25, 0.3) is 0 Å². The summed E-state index contributed by atoms with van der Waals surface area (Å²) in [4.78, 5) is 4.70. The van der Waals surface area contributed by atoms with Crippen molar-refractivity contribution in [3.05, 3.63) is 11.2 Å². The minimum atomic E-state index is -2.14. The molecule has 0 aromatic carbocycles. The predicted octanol–water partition coefficient (Wildman–Crippen LogP) is 5.76.